The van der Waals surface area contributed by atoms with Gasteiger partial charge in [0.1, 0.15) is 4.88 Å². The van der Waals surface area contributed by atoms with Crippen LogP contribution in [0.3, 0.4) is 0 Å². The van der Waals surface area contributed by atoms with E-state index in [4.69, 9.17) is 16.3 Å². The van der Waals surface area contributed by atoms with Crippen LogP contribution in [0.5, 0.6) is 0 Å². The van der Waals surface area contributed by atoms with Gasteiger partial charge >= 0.3 is 5.97 Å². The minimum Gasteiger partial charge on any atom is -0.448 e. The van der Waals surface area contributed by atoms with E-state index in [0.29, 0.717) is 23.8 Å². The monoisotopic (exact) mass is 492 g/mol. The van der Waals surface area contributed by atoms with E-state index in [2.05, 4.69) is 5.32 Å². The van der Waals surface area contributed by atoms with Crippen molar-refractivity contribution >= 4 is 60.6 Å². The Labute approximate surface area is 195 Å². The third-order valence-corrected chi connectivity index (χ3v) is 8.77. The van der Waals surface area contributed by atoms with Crippen LogP contribution in [0.4, 0.5) is 5.69 Å². The molecule has 0 saturated carbocycles. The summed E-state index contributed by atoms with van der Waals surface area (Å²) < 4.78 is 32.8. The van der Waals surface area contributed by atoms with Crippen molar-refractivity contribution < 1.29 is 22.7 Å². The van der Waals surface area contributed by atoms with E-state index in [1.54, 1.807) is 0 Å². The summed E-state index contributed by atoms with van der Waals surface area (Å²) in [4.78, 5) is 25.4. The number of fused-ring (bicyclic) bond motifs is 1. The van der Waals surface area contributed by atoms with E-state index in [1.165, 1.54) is 46.8 Å². The Kier molecular flexibility index (Phi) is 6.52. The highest BCUT2D eigenvalue weighted by molar-refractivity contribution is 7.89. The number of esters is 1. The first-order chi connectivity index (χ1) is 15.3. The van der Waals surface area contributed by atoms with Crippen molar-refractivity contribution in [2.75, 3.05) is 18.4 Å². The van der Waals surface area contributed by atoms with Crippen LogP contribution < -0.4 is 5.32 Å². The van der Waals surface area contributed by atoms with Crippen LogP contribution in [-0.4, -0.2) is 43.8 Å². The van der Waals surface area contributed by atoms with Crippen LogP contribution in [0, 0.1) is 0 Å². The second kappa shape index (κ2) is 9.19. The van der Waals surface area contributed by atoms with E-state index >= 15 is 0 Å². The predicted octanol–water partition coefficient (Wildman–Crippen LogP) is 4.52. The second-order valence-corrected chi connectivity index (χ2v) is 10.8. The van der Waals surface area contributed by atoms with E-state index in [-0.39, 0.29) is 9.77 Å². The quantitative estimate of drug-likeness (QED) is 0.510. The van der Waals surface area contributed by atoms with Gasteiger partial charge in [0.15, 0.2) is 6.10 Å². The Hall–Kier alpha value is -2.46. The van der Waals surface area contributed by atoms with E-state index < -0.39 is 28.0 Å². The molecule has 7 nitrogen and oxygen atoms in total. The van der Waals surface area contributed by atoms with Crippen molar-refractivity contribution in [1.29, 1.82) is 0 Å². The lowest BCUT2D eigenvalue weighted by Crippen LogP contribution is -2.30. The number of benzene rings is 2. The molecule has 0 aliphatic carbocycles. The predicted molar refractivity (Wildman–Crippen MR) is 125 cm³/mol. The third-order valence-electron chi connectivity index (χ3n) is 5.20. The lowest BCUT2D eigenvalue weighted by atomic mass is 10.2. The molecule has 0 radical (unpaired) electrons. The maximum atomic E-state index is 12.6. The Bertz CT molecular complexity index is 1270. The standard InChI is InChI=1S/C22H21ClN2O5S2/c1-14(30-22(27)20-19(23)17-6-2-3-7-18(17)31-20)21(26)24-15-8-10-16(11-9-15)32(28,29)25-12-4-5-13-25/h2-3,6-11,14H,4-5,12-13H2,1H3,(H,24,26)/t14-/m0/s1. The summed E-state index contributed by atoms with van der Waals surface area (Å²) in [5.41, 5.74) is 0.401. The molecule has 2 heterocycles. The summed E-state index contributed by atoms with van der Waals surface area (Å²) in [7, 11) is -3.52. The van der Waals surface area contributed by atoms with E-state index in [1.807, 2.05) is 24.3 Å². The molecule has 10 heteroatoms. The van der Waals surface area contributed by atoms with Crippen molar-refractivity contribution in [3.05, 3.63) is 58.4 Å². The molecular formula is C22H21ClN2O5S2. The Morgan fingerprint density at radius 2 is 1.75 bits per heavy atom. The number of nitrogens with one attached hydrogen (secondary N) is 1. The zero-order chi connectivity index (χ0) is 22.9. The fourth-order valence-corrected chi connectivity index (χ4v) is 6.35. The zero-order valence-electron chi connectivity index (χ0n) is 17.2. The molecule has 168 valence electrons. The SMILES string of the molecule is C[C@H](OC(=O)c1sc2ccccc2c1Cl)C(=O)Nc1ccc(S(=O)(=O)N2CCCC2)cc1. The molecular weight excluding hydrogens is 472 g/mol. The van der Waals surface area contributed by atoms with Crippen molar-refractivity contribution in [3.63, 3.8) is 0 Å². The lowest BCUT2D eigenvalue weighted by molar-refractivity contribution is -0.123. The Morgan fingerprint density at radius 3 is 2.41 bits per heavy atom. The first-order valence-corrected chi connectivity index (χ1v) is 12.7. The molecule has 1 aliphatic heterocycles. The molecule has 1 fully saturated rings. The molecule has 1 atom stereocenters. The maximum Gasteiger partial charge on any atom is 0.350 e. The highest BCUT2D eigenvalue weighted by Crippen LogP contribution is 2.35. The van der Waals surface area contributed by atoms with E-state index in [9.17, 15) is 18.0 Å². The number of carbonyl (C=O) groups excluding carboxylic acids is 2. The molecule has 3 aromatic rings. The molecule has 0 bridgehead atoms. The fourth-order valence-electron chi connectivity index (χ4n) is 3.44. The van der Waals surface area contributed by atoms with Crippen LogP contribution >= 0.6 is 22.9 Å². The van der Waals surface area contributed by atoms with Crippen LogP contribution in [0.1, 0.15) is 29.4 Å². The molecule has 2 aromatic carbocycles. The lowest BCUT2D eigenvalue weighted by Gasteiger charge is -2.16. The highest BCUT2D eigenvalue weighted by atomic mass is 35.5. The summed E-state index contributed by atoms with van der Waals surface area (Å²) in [6.45, 7) is 2.50. The maximum absolute atomic E-state index is 12.6. The molecule has 1 aliphatic rings. The Morgan fingerprint density at radius 1 is 1.09 bits per heavy atom. The summed E-state index contributed by atoms with van der Waals surface area (Å²) in [6.07, 6.45) is 0.643. The molecule has 0 spiro atoms. The third kappa shape index (κ3) is 4.52. The summed E-state index contributed by atoms with van der Waals surface area (Å²) in [5, 5.41) is 3.69. The van der Waals surface area contributed by atoms with Gasteiger partial charge in [-0.3, -0.25) is 4.79 Å². The summed E-state index contributed by atoms with van der Waals surface area (Å²) >= 11 is 7.50. The number of rotatable bonds is 6. The average Bonchev–Trinajstić information content (AvgIpc) is 3.43. The highest BCUT2D eigenvalue weighted by Gasteiger charge is 2.27. The first-order valence-electron chi connectivity index (χ1n) is 10.1. The van der Waals surface area contributed by atoms with Gasteiger partial charge in [-0.25, -0.2) is 13.2 Å². The van der Waals surface area contributed by atoms with Gasteiger partial charge in [-0.2, -0.15) is 4.31 Å². The van der Waals surface area contributed by atoms with Gasteiger partial charge in [0, 0.05) is 28.9 Å². The molecule has 1 N–H and O–H groups in total. The van der Waals surface area contributed by atoms with Gasteiger partial charge in [-0.15, -0.1) is 11.3 Å². The van der Waals surface area contributed by atoms with Gasteiger partial charge in [0.25, 0.3) is 5.91 Å². The Balaban J connectivity index is 1.40. The number of amides is 1. The second-order valence-electron chi connectivity index (χ2n) is 7.41. The average molecular weight is 493 g/mol. The van der Waals surface area contributed by atoms with Crippen LogP contribution in [-0.2, 0) is 19.6 Å². The normalized spacial score (nSPS) is 15.6. The topological polar surface area (TPSA) is 92.8 Å². The zero-order valence-corrected chi connectivity index (χ0v) is 19.6. The van der Waals surface area contributed by atoms with Gasteiger partial charge in [0.05, 0.1) is 9.92 Å². The van der Waals surface area contributed by atoms with Crippen LogP contribution in [0.15, 0.2) is 53.4 Å². The number of ether oxygens (including phenoxy) is 1. The minimum atomic E-state index is -3.52. The van der Waals surface area contributed by atoms with Gasteiger partial charge in [0.2, 0.25) is 10.0 Å². The molecule has 1 amide bonds. The summed E-state index contributed by atoms with van der Waals surface area (Å²) in [5.74, 6) is -1.21. The largest absolute Gasteiger partial charge is 0.448 e. The van der Waals surface area contributed by atoms with Crippen LogP contribution in [0.2, 0.25) is 5.02 Å². The molecule has 1 saturated heterocycles. The number of thiophene rings is 1. The number of hydrogen-bond donors (Lipinski definition) is 1. The minimum absolute atomic E-state index is 0.177. The molecule has 32 heavy (non-hydrogen) atoms. The van der Waals surface area contributed by atoms with Crippen molar-refractivity contribution in [2.24, 2.45) is 0 Å². The van der Waals surface area contributed by atoms with Crippen molar-refractivity contribution in [3.8, 4) is 0 Å². The van der Waals surface area contributed by atoms with Crippen molar-refractivity contribution in [2.45, 2.75) is 30.8 Å². The van der Waals surface area contributed by atoms with Crippen molar-refractivity contribution in [1.82, 2.24) is 4.31 Å². The molecule has 4 rings (SSSR count). The number of hydrogen-bond acceptors (Lipinski definition) is 6. The number of carbonyl (C=O) groups is 2. The van der Waals surface area contributed by atoms with Gasteiger partial charge in [-0.05, 0) is 50.1 Å². The van der Waals surface area contributed by atoms with Gasteiger partial charge in [-0.1, -0.05) is 29.8 Å². The number of nitrogens with zero attached hydrogens (tertiary/aromatic N) is 1. The molecule has 1 aromatic heterocycles. The van der Waals surface area contributed by atoms with E-state index in [0.717, 1.165) is 22.9 Å². The number of halogens is 1. The fraction of sp³-hybridized carbons (Fsp3) is 0.273. The molecule has 0 unspecified atom stereocenters. The number of sulfonamides is 1. The number of anilines is 1. The summed E-state index contributed by atoms with van der Waals surface area (Å²) in [6, 6.07) is 13.3. The van der Waals surface area contributed by atoms with Gasteiger partial charge < -0.3 is 10.1 Å². The first kappa shape index (κ1) is 22.7. The smallest absolute Gasteiger partial charge is 0.350 e. The van der Waals surface area contributed by atoms with Crippen LogP contribution in [0.25, 0.3) is 10.1 Å².